The second-order valence-electron chi connectivity index (χ2n) is 7.67. The SMILES string of the molecule is C=CCC(C(=O)NS(=O)(=O)C=Cc1ccccc1)C(=O)N1c2ccc(F)cc2CCC1C. The van der Waals surface area contributed by atoms with Crippen LogP contribution in [0.3, 0.4) is 0 Å². The Morgan fingerprint density at radius 3 is 2.66 bits per heavy atom. The van der Waals surface area contributed by atoms with Gasteiger partial charge in [-0.2, -0.15) is 0 Å². The minimum Gasteiger partial charge on any atom is -0.309 e. The molecule has 2 unspecified atom stereocenters. The number of carbonyl (C=O) groups excluding carboxylic acids is 2. The topological polar surface area (TPSA) is 83.5 Å². The second kappa shape index (κ2) is 9.91. The number of hydrogen-bond acceptors (Lipinski definition) is 4. The van der Waals surface area contributed by atoms with E-state index in [4.69, 9.17) is 0 Å². The van der Waals surface area contributed by atoms with Gasteiger partial charge in [0.2, 0.25) is 11.8 Å². The molecule has 0 bridgehead atoms. The zero-order valence-electron chi connectivity index (χ0n) is 17.7. The van der Waals surface area contributed by atoms with Crippen molar-refractivity contribution in [3.63, 3.8) is 0 Å². The standard InChI is InChI=1S/C24H25FN2O4S/c1-3-7-21(23(28)26-32(30,31)15-14-18-8-5-4-6-9-18)24(29)27-17(2)10-11-19-16-20(25)12-13-22(19)27/h3-6,8-9,12-17,21H,1,7,10-11H2,2H3,(H,26,28). The van der Waals surface area contributed by atoms with E-state index >= 15 is 0 Å². The number of benzene rings is 2. The van der Waals surface area contributed by atoms with E-state index in [1.54, 1.807) is 30.3 Å². The molecule has 0 saturated heterocycles. The van der Waals surface area contributed by atoms with E-state index in [1.165, 1.54) is 35.3 Å². The summed E-state index contributed by atoms with van der Waals surface area (Å²) in [4.78, 5) is 27.7. The van der Waals surface area contributed by atoms with Gasteiger partial charge in [-0.3, -0.25) is 9.59 Å². The number of allylic oxidation sites excluding steroid dienone is 1. The fourth-order valence-corrected chi connectivity index (χ4v) is 4.52. The molecule has 0 spiro atoms. The van der Waals surface area contributed by atoms with Crippen LogP contribution >= 0.6 is 0 Å². The minimum absolute atomic E-state index is 0.0394. The molecule has 32 heavy (non-hydrogen) atoms. The van der Waals surface area contributed by atoms with Gasteiger partial charge in [-0.15, -0.1) is 6.58 Å². The van der Waals surface area contributed by atoms with Crippen LogP contribution in [0.25, 0.3) is 6.08 Å². The predicted molar refractivity (Wildman–Crippen MR) is 123 cm³/mol. The van der Waals surface area contributed by atoms with Crippen LogP contribution in [0.15, 0.2) is 66.6 Å². The van der Waals surface area contributed by atoms with Crippen molar-refractivity contribution in [2.24, 2.45) is 5.92 Å². The van der Waals surface area contributed by atoms with Gasteiger partial charge in [0, 0.05) is 11.7 Å². The predicted octanol–water partition coefficient (Wildman–Crippen LogP) is 3.80. The fourth-order valence-electron chi connectivity index (χ4n) is 3.69. The first-order chi connectivity index (χ1) is 15.2. The van der Waals surface area contributed by atoms with Crippen LogP contribution in [0.4, 0.5) is 10.1 Å². The van der Waals surface area contributed by atoms with Gasteiger partial charge in [0.05, 0.1) is 5.41 Å². The number of sulfonamides is 1. The lowest BCUT2D eigenvalue weighted by molar-refractivity contribution is -0.132. The van der Waals surface area contributed by atoms with Gasteiger partial charge in [0.1, 0.15) is 11.7 Å². The number of carbonyl (C=O) groups is 2. The maximum Gasteiger partial charge on any atom is 0.257 e. The molecule has 1 aliphatic heterocycles. The van der Waals surface area contributed by atoms with E-state index in [2.05, 4.69) is 6.58 Å². The highest BCUT2D eigenvalue weighted by Crippen LogP contribution is 2.33. The largest absolute Gasteiger partial charge is 0.309 e. The Morgan fingerprint density at radius 2 is 1.97 bits per heavy atom. The first kappa shape index (κ1) is 23.4. The summed E-state index contributed by atoms with van der Waals surface area (Å²) in [6, 6.07) is 12.7. The number of anilines is 1. The number of halogens is 1. The van der Waals surface area contributed by atoms with E-state index in [9.17, 15) is 22.4 Å². The summed E-state index contributed by atoms with van der Waals surface area (Å²) in [5.74, 6) is -3.17. The second-order valence-corrected chi connectivity index (χ2v) is 9.24. The molecule has 2 aromatic carbocycles. The Bertz CT molecular complexity index is 1150. The van der Waals surface area contributed by atoms with Gasteiger partial charge in [-0.05, 0) is 61.6 Å². The highest BCUT2D eigenvalue weighted by Gasteiger charge is 2.36. The molecule has 168 valence electrons. The van der Waals surface area contributed by atoms with Crippen molar-refractivity contribution in [3.8, 4) is 0 Å². The summed E-state index contributed by atoms with van der Waals surface area (Å²) in [6.45, 7) is 5.43. The number of hydrogen-bond donors (Lipinski definition) is 1. The van der Waals surface area contributed by atoms with Crippen molar-refractivity contribution in [2.75, 3.05) is 4.90 Å². The number of aryl methyl sites for hydroxylation is 1. The van der Waals surface area contributed by atoms with Crippen molar-refractivity contribution in [1.82, 2.24) is 4.72 Å². The quantitative estimate of drug-likeness (QED) is 0.507. The Balaban J connectivity index is 1.83. The summed E-state index contributed by atoms with van der Waals surface area (Å²) in [6.07, 6.45) is 3.92. The molecule has 2 atom stereocenters. The van der Waals surface area contributed by atoms with Crippen LogP contribution in [0, 0.1) is 11.7 Å². The summed E-state index contributed by atoms with van der Waals surface area (Å²) >= 11 is 0. The first-order valence-corrected chi connectivity index (χ1v) is 11.8. The number of amides is 2. The van der Waals surface area contributed by atoms with Gasteiger partial charge >= 0.3 is 0 Å². The molecule has 1 aliphatic rings. The van der Waals surface area contributed by atoms with Gasteiger partial charge in [0.25, 0.3) is 10.0 Å². The molecule has 2 aromatic rings. The molecule has 0 aromatic heterocycles. The van der Waals surface area contributed by atoms with Crippen molar-refractivity contribution in [1.29, 1.82) is 0 Å². The average Bonchev–Trinajstić information content (AvgIpc) is 2.76. The highest BCUT2D eigenvalue weighted by molar-refractivity contribution is 7.93. The molecule has 2 amide bonds. The summed E-state index contributed by atoms with van der Waals surface area (Å²) in [7, 11) is -4.12. The van der Waals surface area contributed by atoms with Crippen LogP contribution in [-0.2, 0) is 26.0 Å². The van der Waals surface area contributed by atoms with E-state index < -0.39 is 33.6 Å². The summed E-state index contributed by atoms with van der Waals surface area (Å²) < 4.78 is 40.4. The molecular formula is C24H25FN2O4S. The minimum atomic E-state index is -4.12. The molecular weight excluding hydrogens is 431 g/mol. The molecule has 0 radical (unpaired) electrons. The monoisotopic (exact) mass is 456 g/mol. The van der Waals surface area contributed by atoms with Crippen LogP contribution < -0.4 is 9.62 Å². The van der Waals surface area contributed by atoms with Crippen LogP contribution in [0.5, 0.6) is 0 Å². The lowest BCUT2D eigenvalue weighted by atomic mass is 9.93. The summed E-state index contributed by atoms with van der Waals surface area (Å²) in [5.41, 5.74) is 1.85. The third-order valence-electron chi connectivity index (χ3n) is 5.31. The lowest BCUT2D eigenvalue weighted by Gasteiger charge is -2.37. The fraction of sp³-hybridized carbons (Fsp3) is 0.250. The maximum absolute atomic E-state index is 13.7. The smallest absolute Gasteiger partial charge is 0.257 e. The normalized spacial score (nSPS) is 16.9. The molecule has 1 N–H and O–H groups in total. The maximum atomic E-state index is 13.7. The Morgan fingerprint density at radius 1 is 1.25 bits per heavy atom. The van der Waals surface area contributed by atoms with E-state index in [1.807, 2.05) is 11.6 Å². The Labute approximate surface area is 187 Å². The van der Waals surface area contributed by atoms with Crippen molar-refractivity contribution < 1.29 is 22.4 Å². The van der Waals surface area contributed by atoms with E-state index in [0.29, 0.717) is 29.7 Å². The van der Waals surface area contributed by atoms with Crippen molar-refractivity contribution in [2.45, 2.75) is 32.2 Å². The number of nitrogens with one attached hydrogen (secondary N) is 1. The van der Waals surface area contributed by atoms with Crippen molar-refractivity contribution >= 4 is 33.6 Å². The average molecular weight is 457 g/mol. The number of rotatable bonds is 7. The van der Waals surface area contributed by atoms with Gasteiger partial charge in [-0.1, -0.05) is 36.4 Å². The zero-order chi connectivity index (χ0) is 23.3. The Hall–Kier alpha value is -3.26. The Kier molecular flexibility index (Phi) is 7.25. The third-order valence-corrected chi connectivity index (χ3v) is 6.29. The first-order valence-electron chi connectivity index (χ1n) is 10.2. The lowest BCUT2D eigenvalue weighted by Crippen LogP contribution is -2.49. The number of nitrogens with zero attached hydrogens (tertiary/aromatic N) is 1. The number of fused-ring (bicyclic) bond motifs is 1. The van der Waals surface area contributed by atoms with E-state index in [0.717, 1.165) is 5.41 Å². The highest BCUT2D eigenvalue weighted by atomic mass is 32.2. The van der Waals surface area contributed by atoms with Crippen LogP contribution in [-0.4, -0.2) is 26.3 Å². The molecule has 8 heteroatoms. The zero-order valence-corrected chi connectivity index (χ0v) is 18.5. The van der Waals surface area contributed by atoms with Crippen LogP contribution in [0.2, 0.25) is 0 Å². The third kappa shape index (κ3) is 5.50. The molecule has 1 heterocycles. The van der Waals surface area contributed by atoms with E-state index in [-0.39, 0.29) is 12.5 Å². The summed E-state index contributed by atoms with van der Waals surface area (Å²) in [5, 5.41) is 0.886. The van der Waals surface area contributed by atoms with Gasteiger partial charge in [0.15, 0.2) is 0 Å². The van der Waals surface area contributed by atoms with Crippen molar-refractivity contribution in [3.05, 3.63) is 83.5 Å². The molecule has 0 saturated carbocycles. The molecule has 0 aliphatic carbocycles. The van der Waals surface area contributed by atoms with Gasteiger partial charge in [-0.25, -0.2) is 17.5 Å². The molecule has 3 rings (SSSR count). The van der Waals surface area contributed by atoms with Crippen LogP contribution in [0.1, 0.15) is 30.9 Å². The molecule has 6 nitrogen and oxygen atoms in total. The van der Waals surface area contributed by atoms with Gasteiger partial charge < -0.3 is 4.90 Å². The molecule has 0 fully saturated rings.